The fourth-order valence-electron chi connectivity index (χ4n) is 4.36. The number of aliphatic imine (C=N–C) groups is 1. The molecule has 4 heterocycles. The molecule has 2 fully saturated rings. The van der Waals surface area contributed by atoms with Gasteiger partial charge in [0, 0.05) is 48.2 Å². The zero-order valence-electron chi connectivity index (χ0n) is 19.7. The molecule has 8 nitrogen and oxygen atoms in total. The van der Waals surface area contributed by atoms with E-state index in [0.717, 1.165) is 41.2 Å². The SMILES string of the molecule is COc1ncc(N=C2CCOCCC2=C(N)c2cnn(CC3(F)CCN(C)CC3)c2)cc1C. The van der Waals surface area contributed by atoms with Gasteiger partial charge in [0.2, 0.25) is 5.88 Å². The zero-order chi connectivity index (χ0) is 23.4. The fraction of sp³-hybridized carbons (Fsp3) is 0.542. The summed E-state index contributed by atoms with van der Waals surface area (Å²) < 4.78 is 27.9. The lowest BCUT2D eigenvalue weighted by molar-refractivity contribution is 0.0499. The van der Waals surface area contributed by atoms with Crippen molar-refractivity contribution in [1.82, 2.24) is 19.7 Å². The lowest BCUT2D eigenvalue weighted by atomic mass is 9.93. The number of likely N-dealkylation sites (tertiary alicyclic amines) is 1. The molecule has 2 N–H and O–H groups in total. The van der Waals surface area contributed by atoms with Crippen molar-refractivity contribution in [3.63, 3.8) is 0 Å². The minimum absolute atomic E-state index is 0.240. The van der Waals surface area contributed by atoms with Crippen molar-refractivity contribution in [3.05, 3.63) is 41.4 Å². The van der Waals surface area contributed by atoms with Crippen LogP contribution < -0.4 is 10.5 Å². The number of piperidine rings is 1. The minimum atomic E-state index is -1.24. The van der Waals surface area contributed by atoms with Gasteiger partial charge in [0.25, 0.3) is 0 Å². The first kappa shape index (κ1) is 23.4. The van der Waals surface area contributed by atoms with Gasteiger partial charge in [-0.05, 0) is 44.9 Å². The Morgan fingerprint density at radius 2 is 2.03 bits per heavy atom. The predicted octanol–water partition coefficient (Wildman–Crippen LogP) is 3.28. The predicted molar refractivity (Wildman–Crippen MR) is 127 cm³/mol. The summed E-state index contributed by atoms with van der Waals surface area (Å²) in [7, 11) is 3.63. The number of aryl methyl sites for hydroxylation is 1. The molecule has 2 saturated heterocycles. The standard InChI is InChI=1S/C24H33FN6O2/c1-17-12-19(14-27-23(17)32-3)29-21-5-11-33-10-4-20(21)22(26)18-13-28-31(15-18)16-24(25)6-8-30(2)9-7-24/h12-15H,4-11,16,26H2,1-3H3. The molecule has 0 spiro atoms. The molecule has 0 aliphatic carbocycles. The van der Waals surface area contributed by atoms with Gasteiger partial charge in [-0.15, -0.1) is 0 Å². The summed E-state index contributed by atoms with van der Waals surface area (Å²) in [5.74, 6) is 0.584. The topological polar surface area (TPSA) is 90.8 Å². The van der Waals surface area contributed by atoms with Gasteiger partial charge >= 0.3 is 0 Å². The van der Waals surface area contributed by atoms with Crippen LogP contribution in [0.1, 0.15) is 36.8 Å². The van der Waals surface area contributed by atoms with Crippen LogP contribution >= 0.6 is 0 Å². The molecule has 0 aromatic carbocycles. The van der Waals surface area contributed by atoms with Crippen LogP contribution in [0.4, 0.5) is 10.1 Å². The number of hydrogen-bond donors (Lipinski definition) is 1. The summed E-state index contributed by atoms with van der Waals surface area (Å²) in [4.78, 5) is 11.3. The number of ether oxygens (including phenoxy) is 2. The molecule has 2 aromatic rings. The Hall–Kier alpha value is -2.78. The molecule has 2 aliphatic heterocycles. The van der Waals surface area contributed by atoms with E-state index in [-0.39, 0.29) is 6.54 Å². The molecule has 0 bridgehead atoms. The second kappa shape index (κ2) is 10.0. The zero-order valence-corrected chi connectivity index (χ0v) is 19.7. The number of aromatic nitrogens is 3. The minimum Gasteiger partial charge on any atom is -0.481 e. The monoisotopic (exact) mass is 456 g/mol. The maximum absolute atomic E-state index is 15.3. The number of pyridine rings is 1. The maximum atomic E-state index is 15.3. The van der Waals surface area contributed by atoms with E-state index in [1.165, 1.54) is 0 Å². The first-order chi connectivity index (χ1) is 15.9. The van der Waals surface area contributed by atoms with Crippen molar-refractivity contribution in [2.75, 3.05) is 40.5 Å². The van der Waals surface area contributed by atoms with Gasteiger partial charge in [-0.25, -0.2) is 9.37 Å². The number of nitrogens with zero attached hydrogens (tertiary/aromatic N) is 5. The molecule has 0 unspecified atom stereocenters. The van der Waals surface area contributed by atoms with E-state index in [9.17, 15) is 0 Å². The van der Waals surface area contributed by atoms with Gasteiger partial charge in [0.1, 0.15) is 5.67 Å². The molecule has 0 atom stereocenters. The van der Waals surface area contributed by atoms with Gasteiger partial charge < -0.3 is 20.1 Å². The summed E-state index contributed by atoms with van der Waals surface area (Å²) in [5, 5.41) is 4.41. The molecular formula is C24H33FN6O2. The smallest absolute Gasteiger partial charge is 0.216 e. The molecule has 0 radical (unpaired) electrons. The van der Waals surface area contributed by atoms with Crippen LogP contribution in [0.2, 0.25) is 0 Å². The summed E-state index contributed by atoms with van der Waals surface area (Å²) in [6, 6.07) is 1.94. The summed E-state index contributed by atoms with van der Waals surface area (Å²) >= 11 is 0. The third-order valence-corrected chi connectivity index (χ3v) is 6.40. The maximum Gasteiger partial charge on any atom is 0.216 e. The lowest BCUT2D eigenvalue weighted by Gasteiger charge is -2.34. The first-order valence-electron chi connectivity index (χ1n) is 11.4. The molecule has 9 heteroatoms. The molecule has 0 saturated carbocycles. The van der Waals surface area contributed by atoms with E-state index < -0.39 is 5.67 Å². The number of methoxy groups -OCH3 is 1. The molecule has 0 amide bonds. The van der Waals surface area contributed by atoms with Crippen LogP contribution in [-0.2, 0) is 11.3 Å². The quantitative estimate of drug-likeness (QED) is 0.743. The van der Waals surface area contributed by atoms with Crippen LogP contribution in [0.5, 0.6) is 5.88 Å². The average Bonchev–Trinajstić information content (AvgIpc) is 3.13. The molecule has 2 aliphatic rings. The Labute approximate surface area is 194 Å². The van der Waals surface area contributed by atoms with Gasteiger partial charge in [-0.1, -0.05) is 0 Å². The van der Waals surface area contributed by atoms with Gasteiger partial charge in [0.05, 0.1) is 44.9 Å². The highest BCUT2D eigenvalue weighted by Crippen LogP contribution is 2.29. The van der Waals surface area contributed by atoms with Gasteiger partial charge in [0.15, 0.2) is 0 Å². The van der Waals surface area contributed by atoms with Gasteiger partial charge in [-0.3, -0.25) is 9.67 Å². The average molecular weight is 457 g/mol. The van der Waals surface area contributed by atoms with E-state index in [2.05, 4.69) is 15.0 Å². The van der Waals surface area contributed by atoms with Crippen molar-refractivity contribution >= 4 is 17.1 Å². The Morgan fingerprint density at radius 1 is 1.27 bits per heavy atom. The second-order valence-electron chi connectivity index (χ2n) is 8.96. The van der Waals surface area contributed by atoms with Crippen LogP contribution in [0, 0.1) is 6.92 Å². The van der Waals surface area contributed by atoms with Gasteiger partial charge in [-0.2, -0.15) is 5.10 Å². The van der Waals surface area contributed by atoms with Crippen molar-refractivity contribution in [3.8, 4) is 5.88 Å². The molecular weight excluding hydrogens is 423 g/mol. The fourth-order valence-corrected chi connectivity index (χ4v) is 4.36. The van der Waals surface area contributed by atoms with E-state index in [1.54, 1.807) is 24.2 Å². The second-order valence-corrected chi connectivity index (χ2v) is 8.96. The Bertz CT molecular complexity index is 1040. The Kier molecular flexibility index (Phi) is 7.09. The highest BCUT2D eigenvalue weighted by molar-refractivity contribution is 6.07. The Balaban J connectivity index is 1.59. The van der Waals surface area contributed by atoms with Crippen molar-refractivity contribution in [2.45, 2.75) is 44.8 Å². The summed E-state index contributed by atoms with van der Waals surface area (Å²) in [6.45, 7) is 4.85. The highest BCUT2D eigenvalue weighted by Gasteiger charge is 2.34. The lowest BCUT2D eigenvalue weighted by Crippen LogP contribution is -2.42. The number of hydrogen-bond acceptors (Lipinski definition) is 7. The third-order valence-electron chi connectivity index (χ3n) is 6.40. The highest BCUT2D eigenvalue weighted by atomic mass is 19.1. The van der Waals surface area contributed by atoms with Crippen molar-refractivity contribution in [1.29, 1.82) is 0 Å². The number of alkyl halides is 1. The van der Waals surface area contributed by atoms with Crippen LogP contribution in [0.25, 0.3) is 5.70 Å². The van der Waals surface area contributed by atoms with E-state index in [4.69, 9.17) is 20.2 Å². The number of rotatable bonds is 5. The summed E-state index contributed by atoms with van der Waals surface area (Å²) in [6.07, 6.45) is 7.57. The number of nitrogens with two attached hydrogens (primary N) is 1. The molecule has 4 rings (SSSR count). The molecule has 178 valence electrons. The van der Waals surface area contributed by atoms with E-state index in [0.29, 0.717) is 50.5 Å². The van der Waals surface area contributed by atoms with E-state index >= 15 is 4.39 Å². The van der Waals surface area contributed by atoms with Crippen molar-refractivity contribution < 1.29 is 13.9 Å². The van der Waals surface area contributed by atoms with Crippen LogP contribution in [-0.4, -0.2) is 71.5 Å². The normalized spacial score (nSPS) is 22.2. The molecule has 2 aromatic heterocycles. The molecule has 33 heavy (non-hydrogen) atoms. The van der Waals surface area contributed by atoms with E-state index in [1.807, 2.05) is 26.2 Å². The van der Waals surface area contributed by atoms with Crippen LogP contribution in [0.15, 0.2) is 35.2 Å². The van der Waals surface area contributed by atoms with Crippen molar-refractivity contribution in [2.24, 2.45) is 10.7 Å². The largest absolute Gasteiger partial charge is 0.481 e. The van der Waals surface area contributed by atoms with Crippen LogP contribution in [0.3, 0.4) is 0 Å². The number of halogens is 1. The summed E-state index contributed by atoms with van der Waals surface area (Å²) in [5.41, 5.74) is 10.2. The third kappa shape index (κ3) is 5.59. The Morgan fingerprint density at radius 3 is 2.76 bits per heavy atom. The first-order valence-corrected chi connectivity index (χ1v) is 11.4.